The maximum atomic E-state index is 12.0. The normalized spacial score (nSPS) is 10.5. The first kappa shape index (κ1) is 19.8. The van der Waals surface area contributed by atoms with Crippen LogP contribution in [0.15, 0.2) is 0 Å². The average Bonchev–Trinajstić information content (AvgIpc) is 2.41. The number of thiocarbonyl (C=S) groups is 1. The summed E-state index contributed by atoms with van der Waals surface area (Å²) in [6, 6.07) is 0. The minimum atomic E-state index is 0.0460. The van der Waals surface area contributed by atoms with Gasteiger partial charge in [-0.1, -0.05) is 19.1 Å². The van der Waals surface area contributed by atoms with Crippen molar-refractivity contribution in [1.29, 1.82) is 0 Å². The molecule has 0 heterocycles. The van der Waals surface area contributed by atoms with Gasteiger partial charge in [-0.15, -0.1) is 0 Å². The van der Waals surface area contributed by atoms with Crippen molar-refractivity contribution in [3.05, 3.63) is 0 Å². The molecule has 0 aliphatic carbocycles. The number of rotatable bonds is 10. The van der Waals surface area contributed by atoms with Crippen LogP contribution in [0.25, 0.3) is 0 Å². The zero-order valence-corrected chi connectivity index (χ0v) is 14.4. The van der Waals surface area contributed by atoms with Gasteiger partial charge in [-0.3, -0.25) is 14.5 Å². The van der Waals surface area contributed by atoms with Crippen molar-refractivity contribution in [1.82, 2.24) is 14.7 Å². The molecule has 6 nitrogen and oxygen atoms in total. The van der Waals surface area contributed by atoms with Crippen molar-refractivity contribution in [2.24, 2.45) is 5.73 Å². The maximum absolute atomic E-state index is 12.0. The first-order valence-electron chi connectivity index (χ1n) is 7.22. The van der Waals surface area contributed by atoms with Crippen LogP contribution in [0.4, 0.5) is 0 Å². The van der Waals surface area contributed by atoms with Crippen molar-refractivity contribution < 1.29 is 9.59 Å². The number of carbonyl (C=O) groups is 2. The summed E-state index contributed by atoms with van der Waals surface area (Å²) in [5.74, 6) is 0.0994. The van der Waals surface area contributed by atoms with E-state index in [9.17, 15) is 9.59 Å². The Hall–Kier alpha value is -1.21. The van der Waals surface area contributed by atoms with Crippen LogP contribution in [-0.2, 0) is 9.59 Å². The molecule has 2 N–H and O–H groups in total. The minimum Gasteiger partial charge on any atom is -0.393 e. The fraction of sp³-hybridized carbons (Fsp3) is 0.786. The molecule has 0 aromatic carbocycles. The SMILES string of the molecule is CCCN(CCC(=O)N(C)CCC(N)=S)CC(=O)N(C)C. The van der Waals surface area contributed by atoms with Crippen molar-refractivity contribution >= 4 is 29.0 Å². The van der Waals surface area contributed by atoms with Gasteiger partial charge in [0.1, 0.15) is 0 Å². The molecule has 0 fully saturated rings. The molecule has 0 bridgehead atoms. The number of hydrogen-bond donors (Lipinski definition) is 1. The Kier molecular flexibility index (Phi) is 9.90. The summed E-state index contributed by atoms with van der Waals surface area (Å²) < 4.78 is 0. The summed E-state index contributed by atoms with van der Waals surface area (Å²) in [5, 5.41) is 0. The molecule has 0 radical (unpaired) electrons. The van der Waals surface area contributed by atoms with Gasteiger partial charge in [-0.25, -0.2) is 0 Å². The third kappa shape index (κ3) is 9.36. The van der Waals surface area contributed by atoms with Crippen LogP contribution in [0.3, 0.4) is 0 Å². The lowest BCUT2D eigenvalue weighted by Crippen LogP contribution is -2.39. The highest BCUT2D eigenvalue weighted by Gasteiger charge is 2.15. The van der Waals surface area contributed by atoms with Gasteiger partial charge in [0, 0.05) is 47.1 Å². The van der Waals surface area contributed by atoms with E-state index in [4.69, 9.17) is 18.0 Å². The highest BCUT2D eigenvalue weighted by Crippen LogP contribution is 1.99. The van der Waals surface area contributed by atoms with Gasteiger partial charge in [-0.05, 0) is 13.0 Å². The first-order valence-corrected chi connectivity index (χ1v) is 7.63. The third-order valence-corrected chi connectivity index (χ3v) is 3.36. The molecule has 0 atom stereocenters. The van der Waals surface area contributed by atoms with Gasteiger partial charge in [0.15, 0.2) is 0 Å². The fourth-order valence-corrected chi connectivity index (χ4v) is 1.86. The van der Waals surface area contributed by atoms with Crippen LogP contribution >= 0.6 is 12.2 Å². The maximum Gasteiger partial charge on any atom is 0.236 e. The molecule has 0 aromatic heterocycles. The summed E-state index contributed by atoms with van der Waals surface area (Å²) in [4.78, 5) is 29.4. The molecule has 0 aliphatic heterocycles. The van der Waals surface area contributed by atoms with Crippen molar-refractivity contribution in [2.45, 2.75) is 26.2 Å². The van der Waals surface area contributed by atoms with Crippen LogP contribution < -0.4 is 5.73 Å². The topological polar surface area (TPSA) is 69.9 Å². The average molecular weight is 316 g/mol. The molecule has 0 saturated carbocycles. The lowest BCUT2D eigenvalue weighted by molar-refractivity contribution is -0.132. The molecule has 0 aliphatic rings. The van der Waals surface area contributed by atoms with E-state index in [0.29, 0.717) is 37.5 Å². The standard InChI is InChI=1S/C14H28N4O2S/c1-5-8-18(11-14(20)16(2)3)10-7-13(19)17(4)9-6-12(15)21/h5-11H2,1-4H3,(H2,15,21). The highest BCUT2D eigenvalue weighted by atomic mass is 32.1. The van der Waals surface area contributed by atoms with E-state index in [-0.39, 0.29) is 11.8 Å². The fourth-order valence-electron chi connectivity index (χ4n) is 1.77. The molecule has 0 spiro atoms. The van der Waals surface area contributed by atoms with E-state index in [1.807, 2.05) is 4.90 Å². The summed E-state index contributed by atoms with van der Waals surface area (Å²) in [6.45, 7) is 4.35. The Labute approximate surface area is 133 Å². The van der Waals surface area contributed by atoms with Crippen molar-refractivity contribution in [3.63, 3.8) is 0 Å². The van der Waals surface area contributed by atoms with Gasteiger partial charge in [0.2, 0.25) is 11.8 Å². The number of hydrogen-bond acceptors (Lipinski definition) is 4. The van der Waals surface area contributed by atoms with E-state index >= 15 is 0 Å². The Bertz CT molecular complexity index is 361. The zero-order valence-electron chi connectivity index (χ0n) is 13.6. The second-order valence-corrected chi connectivity index (χ2v) is 5.87. The predicted molar refractivity (Wildman–Crippen MR) is 89.1 cm³/mol. The largest absolute Gasteiger partial charge is 0.393 e. The Morgan fingerprint density at radius 2 is 1.62 bits per heavy atom. The number of amides is 2. The Balaban J connectivity index is 4.24. The predicted octanol–water partition coefficient (Wildman–Crippen LogP) is 0.311. The Morgan fingerprint density at radius 3 is 2.10 bits per heavy atom. The molecular formula is C14H28N4O2S. The number of likely N-dealkylation sites (N-methyl/N-ethyl adjacent to an activating group) is 1. The van der Waals surface area contributed by atoms with Gasteiger partial charge in [-0.2, -0.15) is 0 Å². The van der Waals surface area contributed by atoms with E-state index in [1.54, 1.807) is 30.9 Å². The second-order valence-electron chi connectivity index (χ2n) is 5.35. The van der Waals surface area contributed by atoms with Gasteiger partial charge < -0.3 is 15.5 Å². The van der Waals surface area contributed by atoms with Gasteiger partial charge >= 0.3 is 0 Å². The van der Waals surface area contributed by atoms with E-state index < -0.39 is 0 Å². The summed E-state index contributed by atoms with van der Waals surface area (Å²) in [7, 11) is 5.22. The third-order valence-electron chi connectivity index (χ3n) is 3.16. The van der Waals surface area contributed by atoms with Crippen molar-refractivity contribution in [2.75, 3.05) is 47.3 Å². The van der Waals surface area contributed by atoms with Crippen molar-refractivity contribution in [3.8, 4) is 0 Å². The zero-order chi connectivity index (χ0) is 16.4. The van der Waals surface area contributed by atoms with Crippen LogP contribution in [0, 0.1) is 0 Å². The summed E-state index contributed by atoms with van der Waals surface area (Å²) in [6.07, 6.45) is 1.89. The molecule has 0 rings (SSSR count). The molecule has 0 aromatic rings. The summed E-state index contributed by atoms with van der Waals surface area (Å²) >= 11 is 4.80. The van der Waals surface area contributed by atoms with E-state index in [0.717, 1.165) is 13.0 Å². The molecule has 7 heteroatoms. The van der Waals surface area contributed by atoms with Crippen LogP contribution in [0.5, 0.6) is 0 Å². The molecule has 0 unspecified atom stereocenters. The smallest absolute Gasteiger partial charge is 0.236 e. The number of nitrogens with two attached hydrogens (primary N) is 1. The summed E-state index contributed by atoms with van der Waals surface area (Å²) in [5.41, 5.74) is 5.43. The van der Waals surface area contributed by atoms with Crippen LogP contribution in [0.2, 0.25) is 0 Å². The van der Waals surface area contributed by atoms with Crippen LogP contribution in [-0.4, -0.2) is 78.8 Å². The molecule has 0 saturated heterocycles. The molecule has 122 valence electrons. The quantitative estimate of drug-likeness (QED) is 0.588. The van der Waals surface area contributed by atoms with Crippen LogP contribution in [0.1, 0.15) is 26.2 Å². The molecule has 2 amide bonds. The lowest BCUT2D eigenvalue weighted by Gasteiger charge is -2.24. The van der Waals surface area contributed by atoms with Gasteiger partial charge in [0.25, 0.3) is 0 Å². The Morgan fingerprint density at radius 1 is 1.00 bits per heavy atom. The van der Waals surface area contributed by atoms with E-state index in [2.05, 4.69) is 6.92 Å². The monoisotopic (exact) mass is 316 g/mol. The second kappa shape index (κ2) is 10.5. The lowest BCUT2D eigenvalue weighted by atomic mass is 10.3. The van der Waals surface area contributed by atoms with E-state index in [1.165, 1.54) is 0 Å². The van der Waals surface area contributed by atoms with Gasteiger partial charge in [0.05, 0.1) is 11.5 Å². The molecular weight excluding hydrogens is 288 g/mol. The first-order chi connectivity index (χ1) is 9.77. The minimum absolute atomic E-state index is 0.0460. The number of nitrogens with zero attached hydrogens (tertiary/aromatic N) is 3. The highest BCUT2D eigenvalue weighted by molar-refractivity contribution is 7.80. The molecule has 21 heavy (non-hydrogen) atoms. The number of carbonyl (C=O) groups excluding carboxylic acids is 2.